The van der Waals surface area contributed by atoms with Crippen LogP contribution in [0.5, 0.6) is 0 Å². The molecule has 6 nitrogen and oxygen atoms in total. The van der Waals surface area contributed by atoms with Crippen molar-refractivity contribution in [1.82, 2.24) is 15.0 Å². The lowest BCUT2D eigenvalue weighted by Crippen LogP contribution is -2.34. The van der Waals surface area contributed by atoms with Crippen LogP contribution in [0.2, 0.25) is 0 Å². The van der Waals surface area contributed by atoms with Gasteiger partial charge in [0, 0.05) is 26.2 Å². The number of aromatic nitrogens is 3. The van der Waals surface area contributed by atoms with Crippen molar-refractivity contribution in [2.45, 2.75) is 39.2 Å². The maximum atomic E-state index is 4.46. The lowest BCUT2D eigenvalue weighted by atomic mass is 9.99. The van der Waals surface area contributed by atoms with Gasteiger partial charge in [0.1, 0.15) is 0 Å². The van der Waals surface area contributed by atoms with Gasteiger partial charge in [-0.3, -0.25) is 0 Å². The smallest absolute Gasteiger partial charge is 0.231 e. The number of hydrogen-bond acceptors (Lipinski definition) is 6. The summed E-state index contributed by atoms with van der Waals surface area (Å²) < 4.78 is 0. The van der Waals surface area contributed by atoms with Gasteiger partial charge in [0.15, 0.2) is 0 Å². The quantitative estimate of drug-likeness (QED) is 0.819. The van der Waals surface area contributed by atoms with Crippen LogP contribution in [-0.4, -0.2) is 41.1 Å². The second-order valence-electron chi connectivity index (χ2n) is 5.83. The van der Waals surface area contributed by atoms with Crippen molar-refractivity contribution in [2.24, 2.45) is 5.92 Å². The zero-order valence-electron chi connectivity index (χ0n) is 12.5. The minimum Gasteiger partial charge on any atom is -0.354 e. The van der Waals surface area contributed by atoms with E-state index >= 15 is 0 Å². The Labute approximate surface area is 115 Å². The fourth-order valence-corrected chi connectivity index (χ4v) is 2.05. The summed E-state index contributed by atoms with van der Waals surface area (Å²) in [5.41, 5.74) is 0.0361. The maximum absolute atomic E-state index is 4.46. The zero-order valence-corrected chi connectivity index (χ0v) is 12.5. The second-order valence-corrected chi connectivity index (χ2v) is 5.83. The van der Waals surface area contributed by atoms with Crippen LogP contribution in [0, 0.1) is 5.92 Å². The molecule has 1 fully saturated rings. The average molecular weight is 264 g/mol. The largest absolute Gasteiger partial charge is 0.354 e. The molecule has 0 radical (unpaired) electrons. The van der Waals surface area contributed by atoms with E-state index < -0.39 is 0 Å². The van der Waals surface area contributed by atoms with E-state index in [2.05, 4.69) is 39.4 Å². The minimum absolute atomic E-state index is 0.0361. The van der Waals surface area contributed by atoms with Crippen molar-refractivity contribution in [3.63, 3.8) is 0 Å². The van der Waals surface area contributed by atoms with Crippen molar-refractivity contribution in [3.05, 3.63) is 0 Å². The fourth-order valence-electron chi connectivity index (χ4n) is 2.05. The van der Waals surface area contributed by atoms with Crippen LogP contribution in [0.4, 0.5) is 17.8 Å². The average Bonchev–Trinajstić information content (AvgIpc) is 3.12. The summed E-state index contributed by atoms with van der Waals surface area (Å²) in [4.78, 5) is 15.1. The Morgan fingerprint density at radius 1 is 1.16 bits per heavy atom. The summed E-state index contributed by atoms with van der Waals surface area (Å²) in [5, 5.41) is 6.59. The van der Waals surface area contributed by atoms with Gasteiger partial charge in [0.2, 0.25) is 17.8 Å². The number of nitrogens with zero attached hydrogens (tertiary/aromatic N) is 4. The van der Waals surface area contributed by atoms with Crippen LogP contribution >= 0.6 is 0 Å². The molecule has 0 aromatic carbocycles. The Hall–Kier alpha value is -1.59. The van der Waals surface area contributed by atoms with E-state index in [-0.39, 0.29) is 5.54 Å². The normalized spacial score (nSPS) is 15.2. The Balaban J connectivity index is 2.22. The number of rotatable bonds is 6. The second kappa shape index (κ2) is 5.19. The van der Waals surface area contributed by atoms with E-state index in [9.17, 15) is 0 Å². The van der Waals surface area contributed by atoms with Crippen LogP contribution in [0.1, 0.15) is 33.6 Å². The van der Waals surface area contributed by atoms with Gasteiger partial charge in [0.05, 0.1) is 0 Å². The summed E-state index contributed by atoms with van der Waals surface area (Å²) in [7, 11) is 3.86. The van der Waals surface area contributed by atoms with Gasteiger partial charge in [-0.1, -0.05) is 0 Å². The SMILES string of the molecule is CCNc1nc(NC(C)(C)C2CC2)nc(N(C)C)n1. The molecule has 6 heteroatoms. The summed E-state index contributed by atoms with van der Waals surface area (Å²) >= 11 is 0. The predicted molar refractivity (Wildman–Crippen MR) is 78.7 cm³/mol. The zero-order chi connectivity index (χ0) is 14.0. The standard InChI is InChI=1S/C13H24N6/c1-6-14-10-15-11(17-12(16-10)19(4)5)18-13(2,3)9-7-8-9/h9H,6-8H2,1-5H3,(H2,14,15,16,17,18). The molecule has 1 aromatic heterocycles. The first-order chi connectivity index (χ1) is 8.92. The molecule has 0 atom stereocenters. The molecule has 0 aliphatic heterocycles. The molecule has 1 saturated carbocycles. The van der Waals surface area contributed by atoms with Gasteiger partial charge in [-0.25, -0.2) is 0 Å². The van der Waals surface area contributed by atoms with E-state index in [0.717, 1.165) is 12.5 Å². The lowest BCUT2D eigenvalue weighted by molar-refractivity contribution is 0.490. The molecular weight excluding hydrogens is 240 g/mol. The molecule has 106 valence electrons. The van der Waals surface area contributed by atoms with E-state index in [4.69, 9.17) is 0 Å². The van der Waals surface area contributed by atoms with Gasteiger partial charge in [0.25, 0.3) is 0 Å². The van der Waals surface area contributed by atoms with Gasteiger partial charge in [-0.15, -0.1) is 0 Å². The minimum atomic E-state index is 0.0361. The highest BCUT2D eigenvalue weighted by Gasteiger charge is 2.38. The Morgan fingerprint density at radius 2 is 1.79 bits per heavy atom. The maximum Gasteiger partial charge on any atom is 0.231 e. The number of hydrogen-bond donors (Lipinski definition) is 2. The molecule has 1 aromatic rings. The summed E-state index contributed by atoms with van der Waals surface area (Å²) in [6, 6.07) is 0. The highest BCUT2D eigenvalue weighted by molar-refractivity contribution is 5.44. The molecule has 19 heavy (non-hydrogen) atoms. The van der Waals surface area contributed by atoms with Gasteiger partial charge in [-0.05, 0) is 39.5 Å². The molecule has 1 heterocycles. The van der Waals surface area contributed by atoms with Crippen molar-refractivity contribution >= 4 is 17.8 Å². The first kappa shape index (κ1) is 13.8. The lowest BCUT2D eigenvalue weighted by Gasteiger charge is -2.26. The third-order valence-corrected chi connectivity index (χ3v) is 3.39. The molecule has 0 unspecified atom stereocenters. The molecular formula is C13H24N6. The fraction of sp³-hybridized carbons (Fsp3) is 0.769. The molecule has 0 spiro atoms. The number of anilines is 3. The molecule has 0 amide bonds. The monoisotopic (exact) mass is 264 g/mol. The Bertz CT molecular complexity index is 439. The Morgan fingerprint density at radius 3 is 2.32 bits per heavy atom. The van der Waals surface area contributed by atoms with Gasteiger partial charge >= 0.3 is 0 Å². The first-order valence-corrected chi connectivity index (χ1v) is 6.88. The molecule has 1 aliphatic rings. The Kier molecular flexibility index (Phi) is 3.78. The molecule has 2 rings (SSSR count). The summed E-state index contributed by atoms with van der Waals surface area (Å²) in [6.07, 6.45) is 2.57. The summed E-state index contributed by atoms with van der Waals surface area (Å²) in [6.45, 7) is 7.23. The molecule has 1 aliphatic carbocycles. The van der Waals surface area contributed by atoms with Gasteiger partial charge < -0.3 is 15.5 Å². The molecule has 2 N–H and O–H groups in total. The van der Waals surface area contributed by atoms with Crippen LogP contribution in [-0.2, 0) is 0 Å². The van der Waals surface area contributed by atoms with Crippen molar-refractivity contribution < 1.29 is 0 Å². The third-order valence-electron chi connectivity index (χ3n) is 3.39. The summed E-state index contributed by atoms with van der Waals surface area (Å²) in [5.74, 6) is 2.65. The van der Waals surface area contributed by atoms with E-state index in [0.29, 0.717) is 17.8 Å². The van der Waals surface area contributed by atoms with Crippen molar-refractivity contribution in [3.8, 4) is 0 Å². The molecule has 0 saturated heterocycles. The first-order valence-electron chi connectivity index (χ1n) is 6.88. The highest BCUT2D eigenvalue weighted by Crippen LogP contribution is 2.40. The van der Waals surface area contributed by atoms with Gasteiger partial charge in [-0.2, -0.15) is 15.0 Å². The van der Waals surface area contributed by atoms with Crippen LogP contribution < -0.4 is 15.5 Å². The van der Waals surface area contributed by atoms with Crippen LogP contribution in [0.25, 0.3) is 0 Å². The van der Waals surface area contributed by atoms with Crippen molar-refractivity contribution in [2.75, 3.05) is 36.2 Å². The van der Waals surface area contributed by atoms with Crippen LogP contribution in [0.3, 0.4) is 0 Å². The number of nitrogens with one attached hydrogen (secondary N) is 2. The predicted octanol–water partition coefficient (Wildman–Crippen LogP) is 1.97. The van der Waals surface area contributed by atoms with E-state index in [1.165, 1.54) is 12.8 Å². The van der Waals surface area contributed by atoms with Crippen LogP contribution in [0.15, 0.2) is 0 Å². The van der Waals surface area contributed by atoms with Crippen molar-refractivity contribution in [1.29, 1.82) is 0 Å². The van der Waals surface area contributed by atoms with E-state index in [1.807, 2.05) is 25.9 Å². The molecule has 0 bridgehead atoms. The third kappa shape index (κ3) is 3.45. The highest BCUT2D eigenvalue weighted by atomic mass is 15.3. The van der Waals surface area contributed by atoms with E-state index in [1.54, 1.807) is 0 Å². The topological polar surface area (TPSA) is 66.0 Å².